The second-order valence-corrected chi connectivity index (χ2v) is 4.61. The number of morpholine rings is 1. The van der Waals surface area contributed by atoms with Crippen LogP contribution in [0.25, 0.3) is 0 Å². The molecule has 2 rings (SSSR count). The SMILES string of the molecule is O=C(O)c1nc(C(=O)N2CCOCC2CO)cs1. The van der Waals surface area contributed by atoms with Gasteiger partial charge in [-0.1, -0.05) is 0 Å². The minimum absolute atomic E-state index is 0.0951. The van der Waals surface area contributed by atoms with Gasteiger partial charge in [0.05, 0.1) is 25.9 Å². The molecule has 1 atom stereocenters. The number of carbonyl (C=O) groups excluding carboxylic acids is 1. The fourth-order valence-electron chi connectivity index (χ4n) is 1.69. The second-order valence-electron chi connectivity index (χ2n) is 3.75. The Bertz CT molecular complexity index is 461. The largest absolute Gasteiger partial charge is 0.476 e. The monoisotopic (exact) mass is 272 g/mol. The molecule has 1 amide bonds. The number of thiazole rings is 1. The third-order valence-electron chi connectivity index (χ3n) is 2.61. The number of aromatic carboxylic acids is 1. The van der Waals surface area contributed by atoms with Crippen molar-refractivity contribution in [1.82, 2.24) is 9.88 Å². The van der Waals surface area contributed by atoms with E-state index in [1.54, 1.807) is 0 Å². The van der Waals surface area contributed by atoms with E-state index in [0.717, 1.165) is 11.3 Å². The molecule has 0 saturated carbocycles. The normalized spacial score (nSPS) is 19.8. The first-order chi connectivity index (χ1) is 8.63. The summed E-state index contributed by atoms with van der Waals surface area (Å²) in [6, 6.07) is -0.402. The van der Waals surface area contributed by atoms with E-state index >= 15 is 0 Å². The Kier molecular flexibility index (Phi) is 3.90. The lowest BCUT2D eigenvalue weighted by Crippen LogP contribution is -2.50. The van der Waals surface area contributed by atoms with Crippen LogP contribution in [-0.2, 0) is 4.74 Å². The molecular weight excluding hydrogens is 260 g/mol. The van der Waals surface area contributed by atoms with Gasteiger partial charge in [0, 0.05) is 11.9 Å². The smallest absolute Gasteiger partial charge is 0.365 e. The highest BCUT2D eigenvalue weighted by Crippen LogP contribution is 2.15. The van der Waals surface area contributed by atoms with Crippen molar-refractivity contribution in [2.45, 2.75) is 6.04 Å². The van der Waals surface area contributed by atoms with Crippen molar-refractivity contribution < 1.29 is 24.5 Å². The molecule has 1 fully saturated rings. The number of carboxylic acid groups (broad SMARTS) is 1. The number of hydrogen-bond donors (Lipinski definition) is 2. The molecule has 7 nitrogen and oxygen atoms in total. The van der Waals surface area contributed by atoms with Gasteiger partial charge in [0.25, 0.3) is 5.91 Å². The Morgan fingerprint density at radius 3 is 3.00 bits per heavy atom. The van der Waals surface area contributed by atoms with Crippen LogP contribution in [-0.4, -0.2) is 64.4 Å². The number of hydrogen-bond acceptors (Lipinski definition) is 6. The molecule has 1 saturated heterocycles. The van der Waals surface area contributed by atoms with E-state index in [1.807, 2.05) is 0 Å². The van der Waals surface area contributed by atoms with Crippen molar-refractivity contribution >= 4 is 23.2 Å². The zero-order chi connectivity index (χ0) is 13.1. The van der Waals surface area contributed by atoms with Gasteiger partial charge in [-0.15, -0.1) is 11.3 Å². The zero-order valence-corrected chi connectivity index (χ0v) is 10.2. The summed E-state index contributed by atoms with van der Waals surface area (Å²) < 4.78 is 5.17. The van der Waals surface area contributed by atoms with Crippen LogP contribution in [0, 0.1) is 0 Å². The molecule has 0 bridgehead atoms. The number of carbonyl (C=O) groups is 2. The fraction of sp³-hybridized carbons (Fsp3) is 0.500. The molecular formula is C10H12N2O5S. The average Bonchev–Trinajstić information content (AvgIpc) is 2.87. The standard InChI is InChI=1S/C10H12N2O5S/c13-3-6-4-17-2-1-12(6)9(14)7-5-18-8(11-7)10(15)16/h5-6,13H,1-4H2,(H,15,16). The summed E-state index contributed by atoms with van der Waals surface area (Å²) in [7, 11) is 0. The minimum atomic E-state index is -1.15. The number of ether oxygens (including phenoxy) is 1. The predicted octanol–water partition coefficient (Wildman–Crippen LogP) is -0.325. The van der Waals surface area contributed by atoms with Crippen molar-refractivity contribution in [3.8, 4) is 0 Å². The van der Waals surface area contributed by atoms with Gasteiger partial charge < -0.3 is 19.8 Å². The van der Waals surface area contributed by atoms with E-state index in [4.69, 9.17) is 14.9 Å². The Morgan fingerprint density at radius 2 is 2.39 bits per heavy atom. The summed E-state index contributed by atoms with van der Waals surface area (Å²) >= 11 is 0.907. The lowest BCUT2D eigenvalue weighted by Gasteiger charge is -2.33. The number of amides is 1. The summed E-state index contributed by atoms with van der Waals surface area (Å²) in [4.78, 5) is 28.0. The molecule has 1 aromatic heterocycles. The highest BCUT2D eigenvalue weighted by atomic mass is 32.1. The van der Waals surface area contributed by atoms with Gasteiger partial charge in [0.1, 0.15) is 5.69 Å². The van der Waals surface area contributed by atoms with Crippen LogP contribution in [0.4, 0.5) is 0 Å². The Hall–Kier alpha value is -1.51. The van der Waals surface area contributed by atoms with Gasteiger partial charge in [-0.05, 0) is 0 Å². The topological polar surface area (TPSA) is 100.0 Å². The third-order valence-corrected chi connectivity index (χ3v) is 3.44. The number of rotatable bonds is 3. The number of aliphatic hydroxyl groups excluding tert-OH is 1. The molecule has 98 valence electrons. The van der Waals surface area contributed by atoms with Crippen LogP contribution in [0.3, 0.4) is 0 Å². The number of aromatic nitrogens is 1. The highest BCUT2D eigenvalue weighted by molar-refractivity contribution is 7.11. The number of nitrogens with zero attached hydrogens (tertiary/aromatic N) is 2. The fourth-order valence-corrected chi connectivity index (χ4v) is 2.32. The molecule has 1 aromatic rings. The maximum Gasteiger partial charge on any atom is 0.365 e. The maximum absolute atomic E-state index is 12.1. The highest BCUT2D eigenvalue weighted by Gasteiger charge is 2.29. The quantitative estimate of drug-likeness (QED) is 0.782. The van der Waals surface area contributed by atoms with Crippen molar-refractivity contribution in [3.63, 3.8) is 0 Å². The molecule has 1 unspecified atom stereocenters. The van der Waals surface area contributed by atoms with Crippen LogP contribution < -0.4 is 0 Å². The van der Waals surface area contributed by atoms with Crippen LogP contribution >= 0.6 is 11.3 Å². The number of carboxylic acids is 1. The number of aliphatic hydroxyl groups is 1. The first-order valence-corrected chi connectivity index (χ1v) is 6.20. The molecule has 2 heterocycles. The van der Waals surface area contributed by atoms with Gasteiger partial charge >= 0.3 is 5.97 Å². The molecule has 8 heteroatoms. The van der Waals surface area contributed by atoms with E-state index < -0.39 is 12.0 Å². The van der Waals surface area contributed by atoms with Crippen LogP contribution in [0.1, 0.15) is 20.3 Å². The van der Waals surface area contributed by atoms with E-state index in [1.165, 1.54) is 10.3 Å². The maximum atomic E-state index is 12.1. The molecule has 0 aromatic carbocycles. The van der Waals surface area contributed by atoms with Crippen molar-refractivity contribution in [2.75, 3.05) is 26.4 Å². The lowest BCUT2D eigenvalue weighted by atomic mass is 10.2. The van der Waals surface area contributed by atoms with Gasteiger partial charge in [0.15, 0.2) is 0 Å². The molecule has 1 aliphatic heterocycles. The van der Waals surface area contributed by atoms with E-state index in [2.05, 4.69) is 4.98 Å². The Morgan fingerprint density at radius 1 is 1.61 bits per heavy atom. The van der Waals surface area contributed by atoms with Crippen LogP contribution in [0.15, 0.2) is 5.38 Å². The van der Waals surface area contributed by atoms with Crippen LogP contribution in [0.5, 0.6) is 0 Å². The van der Waals surface area contributed by atoms with Crippen molar-refractivity contribution in [3.05, 3.63) is 16.1 Å². The third kappa shape index (κ3) is 2.50. The molecule has 0 radical (unpaired) electrons. The molecule has 0 spiro atoms. The first-order valence-electron chi connectivity index (χ1n) is 5.32. The molecule has 1 aliphatic rings. The van der Waals surface area contributed by atoms with E-state index in [0.29, 0.717) is 13.2 Å². The summed E-state index contributed by atoms with van der Waals surface area (Å²) in [5, 5.41) is 19.2. The Balaban J connectivity index is 2.15. The van der Waals surface area contributed by atoms with E-state index in [9.17, 15) is 9.59 Å². The lowest BCUT2D eigenvalue weighted by molar-refractivity contribution is -0.0186. The second kappa shape index (κ2) is 5.42. The van der Waals surface area contributed by atoms with Gasteiger partial charge in [-0.25, -0.2) is 9.78 Å². The summed E-state index contributed by atoms with van der Waals surface area (Å²) in [6.45, 7) is 0.849. The van der Waals surface area contributed by atoms with Gasteiger partial charge in [0.2, 0.25) is 5.01 Å². The summed E-state index contributed by atoms with van der Waals surface area (Å²) in [6.07, 6.45) is 0. The predicted molar refractivity (Wildman–Crippen MR) is 61.8 cm³/mol. The van der Waals surface area contributed by atoms with E-state index in [-0.39, 0.29) is 29.8 Å². The summed E-state index contributed by atoms with van der Waals surface area (Å²) in [5.74, 6) is -1.53. The zero-order valence-electron chi connectivity index (χ0n) is 9.40. The van der Waals surface area contributed by atoms with Gasteiger partial charge in [-0.2, -0.15) is 0 Å². The molecule has 18 heavy (non-hydrogen) atoms. The van der Waals surface area contributed by atoms with Crippen LogP contribution in [0.2, 0.25) is 0 Å². The van der Waals surface area contributed by atoms with Crippen molar-refractivity contribution in [1.29, 1.82) is 0 Å². The first kappa shape index (κ1) is 12.9. The van der Waals surface area contributed by atoms with Crippen molar-refractivity contribution in [2.24, 2.45) is 0 Å². The average molecular weight is 272 g/mol. The summed E-state index contributed by atoms with van der Waals surface area (Å²) in [5.41, 5.74) is 0.0951. The Labute approximate surface area is 107 Å². The molecule has 2 N–H and O–H groups in total. The van der Waals surface area contributed by atoms with Gasteiger partial charge in [-0.3, -0.25) is 4.79 Å². The minimum Gasteiger partial charge on any atom is -0.476 e. The molecule has 0 aliphatic carbocycles.